The Kier molecular flexibility index (Phi) is 5.79. The molecule has 0 aromatic carbocycles. The topological polar surface area (TPSA) is 67.9 Å². The summed E-state index contributed by atoms with van der Waals surface area (Å²) < 4.78 is 10.0. The summed E-state index contributed by atoms with van der Waals surface area (Å²) in [5, 5.41) is 3.06. The Bertz CT molecular complexity index is 334. The van der Waals surface area contributed by atoms with E-state index in [1.54, 1.807) is 0 Å². The predicted molar refractivity (Wildman–Crippen MR) is 73.2 cm³/mol. The first kappa shape index (κ1) is 15.3. The lowest BCUT2D eigenvalue weighted by Gasteiger charge is -2.31. The van der Waals surface area contributed by atoms with E-state index in [9.17, 15) is 9.59 Å². The first-order valence-corrected chi connectivity index (χ1v) is 7.36. The molecule has 0 aromatic rings. The van der Waals surface area contributed by atoms with Crippen molar-refractivity contribution in [2.75, 3.05) is 40.0 Å². The summed E-state index contributed by atoms with van der Waals surface area (Å²) in [6.45, 7) is 3.44. The van der Waals surface area contributed by atoms with Crippen LogP contribution in [0.5, 0.6) is 0 Å². The number of hydrogen-bond donors (Lipinski definition) is 1. The third-order valence-corrected chi connectivity index (χ3v) is 4.08. The normalized spacial score (nSPS) is 22.4. The molecule has 1 N–H and O–H groups in total. The van der Waals surface area contributed by atoms with Gasteiger partial charge >= 0.3 is 5.97 Å². The van der Waals surface area contributed by atoms with Gasteiger partial charge in [0.1, 0.15) is 0 Å². The number of esters is 1. The number of carbonyl (C=O) groups excluding carboxylic acids is 2. The van der Waals surface area contributed by atoms with Crippen molar-refractivity contribution in [2.45, 2.75) is 31.7 Å². The van der Waals surface area contributed by atoms with Crippen LogP contribution in [0.1, 0.15) is 25.7 Å². The third kappa shape index (κ3) is 4.45. The summed E-state index contributed by atoms with van der Waals surface area (Å²) in [4.78, 5) is 25.5. The fourth-order valence-electron chi connectivity index (χ4n) is 2.81. The summed E-state index contributed by atoms with van der Waals surface area (Å²) in [6, 6.07) is 0.254. The van der Waals surface area contributed by atoms with Crippen LogP contribution in [0.15, 0.2) is 0 Å². The molecule has 2 saturated heterocycles. The minimum absolute atomic E-state index is 0.00481. The number of hydrogen-bond acceptors (Lipinski definition) is 5. The van der Waals surface area contributed by atoms with Crippen molar-refractivity contribution >= 4 is 11.9 Å². The zero-order chi connectivity index (χ0) is 14.4. The maximum atomic E-state index is 12.0. The van der Waals surface area contributed by atoms with E-state index in [2.05, 4.69) is 10.2 Å². The molecule has 2 rings (SSSR count). The van der Waals surface area contributed by atoms with Crippen LogP contribution in [-0.2, 0) is 19.1 Å². The van der Waals surface area contributed by atoms with Crippen molar-refractivity contribution in [1.29, 1.82) is 0 Å². The van der Waals surface area contributed by atoms with Gasteiger partial charge in [-0.2, -0.15) is 0 Å². The van der Waals surface area contributed by atoms with E-state index < -0.39 is 0 Å². The van der Waals surface area contributed by atoms with Crippen LogP contribution in [-0.4, -0.2) is 62.8 Å². The van der Waals surface area contributed by atoms with Crippen LogP contribution in [0.4, 0.5) is 0 Å². The van der Waals surface area contributed by atoms with Gasteiger partial charge in [0, 0.05) is 19.3 Å². The van der Waals surface area contributed by atoms with Gasteiger partial charge in [-0.25, -0.2) is 0 Å². The molecule has 0 unspecified atom stereocenters. The van der Waals surface area contributed by atoms with Gasteiger partial charge in [0.25, 0.3) is 0 Å². The van der Waals surface area contributed by atoms with Gasteiger partial charge in [0.05, 0.1) is 19.6 Å². The number of rotatable bonds is 4. The van der Waals surface area contributed by atoms with E-state index in [0.717, 1.165) is 52.0 Å². The van der Waals surface area contributed by atoms with E-state index in [1.165, 1.54) is 7.11 Å². The maximum absolute atomic E-state index is 12.0. The molecule has 0 saturated carbocycles. The van der Waals surface area contributed by atoms with Crippen molar-refractivity contribution < 1.29 is 19.1 Å². The van der Waals surface area contributed by atoms with Gasteiger partial charge in [-0.1, -0.05) is 0 Å². The van der Waals surface area contributed by atoms with Crippen LogP contribution < -0.4 is 5.32 Å². The number of ether oxygens (including phenoxy) is 2. The Labute approximate surface area is 119 Å². The molecule has 0 bridgehead atoms. The molecule has 0 aliphatic carbocycles. The number of carbonyl (C=O) groups is 2. The Morgan fingerprint density at radius 3 is 2.45 bits per heavy atom. The molecule has 0 radical (unpaired) electrons. The molecular formula is C14H24N2O4. The highest BCUT2D eigenvalue weighted by molar-refractivity contribution is 5.78. The molecule has 0 spiro atoms. The van der Waals surface area contributed by atoms with Gasteiger partial charge < -0.3 is 14.8 Å². The molecule has 2 fully saturated rings. The average Bonchev–Trinajstić information content (AvgIpc) is 2.48. The fraction of sp³-hybridized carbons (Fsp3) is 0.857. The highest BCUT2D eigenvalue weighted by Crippen LogP contribution is 2.18. The van der Waals surface area contributed by atoms with Gasteiger partial charge in [0.2, 0.25) is 5.91 Å². The minimum atomic E-state index is -0.128. The molecule has 114 valence electrons. The van der Waals surface area contributed by atoms with Crippen molar-refractivity contribution in [3.05, 3.63) is 0 Å². The number of methoxy groups -OCH3 is 1. The molecule has 2 aliphatic rings. The van der Waals surface area contributed by atoms with Crippen molar-refractivity contribution in [2.24, 2.45) is 5.92 Å². The Balaban J connectivity index is 1.66. The highest BCUT2D eigenvalue weighted by atomic mass is 16.5. The molecule has 6 nitrogen and oxygen atoms in total. The summed E-state index contributed by atoms with van der Waals surface area (Å²) in [6.07, 6.45) is 3.35. The summed E-state index contributed by atoms with van der Waals surface area (Å²) >= 11 is 0. The highest BCUT2D eigenvalue weighted by Gasteiger charge is 2.26. The second kappa shape index (κ2) is 7.59. The molecule has 0 aromatic heterocycles. The van der Waals surface area contributed by atoms with E-state index in [-0.39, 0.29) is 23.8 Å². The lowest BCUT2D eigenvalue weighted by atomic mass is 9.97. The van der Waals surface area contributed by atoms with Crippen LogP contribution in [0.25, 0.3) is 0 Å². The maximum Gasteiger partial charge on any atom is 0.308 e. The first-order valence-electron chi connectivity index (χ1n) is 7.36. The smallest absolute Gasteiger partial charge is 0.308 e. The van der Waals surface area contributed by atoms with Crippen molar-refractivity contribution in [1.82, 2.24) is 10.2 Å². The van der Waals surface area contributed by atoms with E-state index in [0.29, 0.717) is 6.54 Å². The van der Waals surface area contributed by atoms with Crippen LogP contribution in [0.3, 0.4) is 0 Å². The molecular weight excluding hydrogens is 260 g/mol. The second-order valence-corrected chi connectivity index (χ2v) is 5.53. The number of likely N-dealkylation sites (tertiary alicyclic amines) is 1. The van der Waals surface area contributed by atoms with Crippen molar-refractivity contribution in [3.8, 4) is 0 Å². The SMILES string of the molecule is COC(=O)C1CCN(CC(=O)NC2CCOCC2)CC1. The van der Waals surface area contributed by atoms with Gasteiger partial charge in [-0.05, 0) is 38.8 Å². The van der Waals surface area contributed by atoms with Crippen LogP contribution in [0, 0.1) is 5.92 Å². The second-order valence-electron chi connectivity index (χ2n) is 5.53. The third-order valence-electron chi connectivity index (χ3n) is 4.08. The molecule has 2 heterocycles. The minimum Gasteiger partial charge on any atom is -0.469 e. The van der Waals surface area contributed by atoms with E-state index in [1.807, 2.05) is 0 Å². The largest absolute Gasteiger partial charge is 0.469 e. The van der Waals surface area contributed by atoms with E-state index >= 15 is 0 Å². The van der Waals surface area contributed by atoms with Gasteiger partial charge in [-0.15, -0.1) is 0 Å². The first-order chi connectivity index (χ1) is 9.69. The number of piperidine rings is 1. The van der Waals surface area contributed by atoms with Crippen molar-refractivity contribution in [3.63, 3.8) is 0 Å². The standard InChI is InChI=1S/C14H24N2O4/c1-19-14(18)11-2-6-16(7-3-11)10-13(17)15-12-4-8-20-9-5-12/h11-12H,2-10H2,1H3,(H,15,17). The zero-order valence-electron chi connectivity index (χ0n) is 12.1. The Morgan fingerprint density at radius 2 is 1.85 bits per heavy atom. The monoisotopic (exact) mass is 284 g/mol. The summed E-state index contributed by atoms with van der Waals surface area (Å²) in [5.74, 6) is -0.0560. The summed E-state index contributed by atoms with van der Waals surface area (Å²) in [5.41, 5.74) is 0. The lowest BCUT2D eigenvalue weighted by molar-refractivity contribution is -0.147. The van der Waals surface area contributed by atoms with Gasteiger partial charge in [-0.3, -0.25) is 14.5 Å². The van der Waals surface area contributed by atoms with Crippen LogP contribution >= 0.6 is 0 Å². The van der Waals surface area contributed by atoms with E-state index in [4.69, 9.17) is 9.47 Å². The predicted octanol–water partition coefficient (Wildman–Crippen LogP) is 0.167. The quantitative estimate of drug-likeness (QED) is 0.745. The lowest BCUT2D eigenvalue weighted by Crippen LogP contribution is -2.46. The Hall–Kier alpha value is -1.14. The number of nitrogens with one attached hydrogen (secondary N) is 1. The fourth-order valence-corrected chi connectivity index (χ4v) is 2.81. The van der Waals surface area contributed by atoms with Gasteiger partial charge in [0.15, 0.2) is 0 Å². The molecule has 20 heavy (non-hydrogen) atoms. The molecule has 2 aliphatic heterocycles. The number of amides is 1. The molecule has 6 heteroatoms. The van der Waals surface area contributed by atoms with Crippen LogP contribution in [0.2, 0.25) is 0 Å². The molecule has 1 amide bonds. The Morgan fingerprint density at radius 1 is 1.20 bits per heavy atom. The molecule has 0 atom stereocenters. The number of nitrogens with zero attached hydrogens (tertiary/aromatic N) is 1. The summed E-state index contributed by atoms with van der Waals surface area (Å²) in [7, 11) is 1.43. The average molecular weight is 284 g/mol. The zero-order valence-corrected chi connectivity index (χ0v) is 12.1.